The van der Waals surface area contributed by atoms with E-state index in [0.717, 1.165) is 16.9 Å². The second kappa shape index (κ2) is 13.1. The number of carbonyl (C=O) groups excluding carboxylic acids is 2. The minimum atomic E-state index is -0.622. The normalized spacial score (nSPS) is 11.8. The number of halogens is 1. The number of amides is 2. The number of hydrogen-bond donors (Lipinski definition) is 1. The van der Waals surface area contributed by atoms with Gasteiger partial charge in [0.15, 0.2) is 0 Å². The van der Waals surface area contributed by atoms with Crippen LogP contribution in [-0.2, 0) is 27.3 Å². The first kappa shape index (κ1) is 25.7. The zero-order valence-corrected chi connectivity index (χ0v) is 20.0. The van der Waals surface area contributed by atoms with E-state index in [1.807, 2.05) is 50.2 Å². The maximum atomic E-state index is 13.2. The van der Waals surface area contributed by atoms with Crippen LogP contribution in [0.2, 0.25) is 5.02 Å². The minimum absolute atomic E-state index is 0.131. The van der Waals surface area contributed by atoms with Crippen molar-refractivity contribution in [2.75, 3.05) is 20.3 Å². The van der Waals surface area contributed by atoms with Gasteiger partial charge in [-0.25, -0.2) is 0 Å². The lowest BCUT2D eigenvalue weighted by molar-refractivity contribution is -0.140. The highest BCUT2D eigenvalue weighted by Gasteiger charge is 2.26. The summed E-state index contributed by atoms with van der Waals surface area (Å²) in [5.41, 5.74) is 1.76. The van der Waals surface area contributed by atoms with Crippen LogP contribution in [0.25, 0.3) is 0 Å². The zero-order valence-electron chi connectivity index (χ0n) is 19.3. The van der Waals surface area contributed by atoms with Gasteiger partial charge in [0, 0.05) is 24.7 Å². The van der Waals surface area contributed by atoms with Crippen LogP contribution in [-0.4, -0.2) is 49.1 Å². The van der Waals surface area contributed by atoms with Crippen molar-refractivity contribution in [1.29, 1.82) is 0 Å². The number of rotatable bonds is 12. The average Bonchev–Trinajstić information content (AvgIpc) is 2.78. The fourth-order valence-electron chi connectivity index (χ4n) is 3.14. The maximum Gasteiger partial charge on any atom is 0.242 e. The summed E-state index contributed by atoms with van der Waals surface area (Å²) in [6, 6.07) is 14.0. The van der Waals surface area contributed by atoms with E-state index < -0.39 is 6.04 Å². The molecule has 0 aliphatic heterocycles. The Kier molecular flexibility index (Phi) is 10.5. The number of nitrogens with one attached hydrogen (secondary N) is 1. The molecule has 174 valence electrons. The second-order valence-electron chi connectivity index (χ2n) is 7.91. The summed E-state index contributed by atoms with van der Waals surface area (Å²) in [7, 11) is 1.61. The van der Waals surface area contributed by atoms with Gasteiger partial charge >= 0.3 is 0 Å². The quantitative estimate of drug-likeness (QED) is 0.481. The molecule has 0 bridgehead atoms. The molecule has 6 nitrogen and oxygen atoms in total. The number of benzene rings is 2. The molecule has 0 spiro atoms. The molecule has 0 fully saturated rings. The van der Waals surface area contributed by atoms with Crippen LogP contribution < -0.4 is 10.1 Å². The molecule has 2 aromatic rings. The van der Waals surface area contributed by atoms with Crippen LogP contribution in [0.1, 0.15) is 38.3 Å². The molecule has 0 radical (unpaired) electrons. The van der Waals surface area contributed by atoms with Crippen LogP contribution in [0.15, 0.2) is 48.5 Å². The van der Waals surface area contributed by atoms with E-state index in [1.54, 1.807) is 31.1 Å². The molecule has 7 heteroatoms. The van der Waals surface area contributed by atoms with Crippen LogP contribution in [0.4, 0.5) is 0 Å². The van der Waals surface area contributed by atoms with Crippen molar-refractivity contribution < 1.29 is 19.1 Å². The number of methoxy groups -OCH3 is 1. The molecule has 0 heterocycles. The number of carbonyl (C=O) groups is 2. The molecule has 1 unspecified atom stereocenters. The second-order valence-corrected chi connectivity index (χ2v) is 8.35. The van der Waals surface area contributed by atoms with E-state index in [1.165, 1.54) is 0 Å². The van der Waals surface area contributed by atoms with E-state index in [2.05, 4.69) is 5.32 Å². The molecule has 0 aliphatic carbocycles. The molecule has 2 rings (SSSR count). The first-order valence-corrected chi connectivity index (χ1v) is 11.2. The predicted octanol–water partition coefficient (Wildman–Crippen LogP) is 4.24. The van der Waals surface area contributed by atoms with E-state index >= 15 is 0 Å². The van der Waals surface area contributed by atoms with Crippen molar-refractivity contribution in [3.63, 3.8) is 0 Å². The van der Waals surface area contributed by atoms with Crippen molar-refractivity contribution in [1.82, 2.24) is 10.2 Å². The van der Waals surface area contributed by atoms with E-state index in [9.17, 15) is 9.59 Å². The van der Waals surface area contributed by atoms with E-state index in [-0.39, 0.29) is 24.3 Å². The fourth-order valence-corrected chi connectivity index (χ4v) is 3.27. The summed E-state index contributed by atoms with van der Waals surface area (Å²) in [5, 5.41) is 3.53. The van der Waals surface area contributed by atoms with Gasteiger partial charge in [0.2, 0.25) is 11.8 Å². The highest BCUT2D eigenvalue weighted by atomic mass is 35.5. The van der Waals surface area contributed by atoms with Crippen molar-refractivity contribution in [3.8, 4) is 5.75 Å². The first-order chi connectivity index (χ1) is 15.3. The van der Waals surface area contributed by atoms with E-state index in [0.29, 0.717) is 31.1 Å². The van der Waals surface area contributed by atoms with Crippen molar-refractivity contribution in [3.05, 3.63) is 64.7 Å². The third kappa shape index (κ3) is 8.52. The average molecular weight is 461 g/mol. The Balaban J connectivity index is 2.07. The number of nitrogens with zero attached hydrogens (tertiary/aromatic N) is 1. The standard InChI is InChI=1S/C25H33ClN2O4/c1-18(2)32-15-5-14-27-25(30)19(3)28(17-21-8-12-23(31-4)13-9-21)24(29)16-20-6-10-22(26)11-7-20/h6-13,18-19H,5,14-17H2,1-4H3,(H,27,30). The summed E-state index contributed by atoms with van der Waals surface area (Å²) in [6.45, 7) is 7.10. The van der Waals surface area contributed by atoms with E-state index in [4.69, 9.17) is 21.1 Å². The smallest absolute Gasteiger partial charge is 0.242 e. The Labute approximate surface area is 195 Å². The molecule has 0 aromatic heterocycles. The van der Waals surface area contributed by atoms with Crippen LogP contribution in [0.3, 0.4) is 0 Å². The molecule has 0 saturated carbocycles. The molecular weight excluding hydrogens is 428 g/mol. The number of ether oxygens (including phenoxy) is 2. The number of hydrogen-bond acceptors (Lipinski definition) is 4. The summed E-state index contributed by atoms with van der Waals surface area (Å²) in [6.07, 6.45) is 1.07. The summed E-state index contributed by atoms with van der Waals surface area (Å²) >= 11 is 5.96. The summed E-state index contributed by atoms with van der Waals surface area (Å²) in [4.78, 5) is 27.6. The Morgan fingerprint density at radius 3 is 2.22 bits per heavy atom. The van der Waals surface area contributed by atoms with Gasteiger partial charge in [-0.2, -0.15) is 0 Å². The lowest BCUT2D eigenvalue weighted by Crippen LogP contribution is -2.48. The molecule has 1 N–H and O–H groups in total. The highest BCUT2D eigenvalue weighted by Crippen LogP contribution is 2.17. The molecule has 32 heavy (non-hydrogen) atoms. The van der Waals surface area contributed by atoms with Crippen molar-refractivity contribution >= 4 is 23.4 Å². The molecule has 1 atom stereocenters. The van der Waals surface area contributed by atoms with Gasteiger partial charge in [0.25, 0.3) is 0 Å². The lowest BCUT2D eigenvalue weighted by Gasteiger charge is -2.29. The Morgan fingerprint density at radius 1 is 1.00 bits per heavy atom. The Morgan fingerprint density at radius 2 is 1.62 bits per heavy atom. The van der Waals surface area contributed by atoms with Gasteiger partial charge in [-0.15, -0.1) is 0 Å². The van der Waals surface area contributed by atoms with Gasteiger partial charge in [0.05, 0.1) is 19.6 Å². The zero-order chi connectivity index (χ0) is 23.5. The van der Waals surface area contributed by atoms with Gasteiger partial charge in [-0.1, -0.05) is 35.9 Å². The largest absolute Gasteiger partial charge is 0.497 e. The SMILES string of the molecule is COc1ccc(CN(C(=O)Cc2ccc(Cl)cc2)C(C)C(=O)NCCCOC(C)C)cc1. The fraction of sp³-hybridized carbons (Fsp3) is 0.440. The molecule has 2 amide bonds. The van der Waals surface area contributed by atoms with Crippen molar-refractivity contribution in [2.24, 2.45) is 0 Å². The highest BCUT2D eigenvalue weighted by molar-refractivity contribution is 6.30. The molecule has 0 saturated heterocycles. The topological polar surface area (TPSA) is 67.9 Å². The molecular formula is C25H33ClN2O4. The maximum absolute atomic E-state index is 13.2. The van der Waals surface area contributed by atoms with Crippen LogP contribution >= 0.6 is 11.6 Å². The third-order valence-electron chi connectivity index (χ3n) is 5.02. The lowest BCUT2D eigenvalue weighted by atomic mass is 10.1. The summed E-state index contributed by atoms with van der Waals surface area (Å²) < 4.78 is 10.7. The summed E-state index contributed by atoms with van der Waals surface area (Å²) in [5.74, 6) is 0.420. The predicted molar refractivity (Wildman–Crippen MR) is 127 cm³/mol. The first-order valence-electron chi connectivity index (χ1n) is 10.9. The van der Waals surface area contributed by atoms with Gasteiger partial charge in [0.1, 0.15) is 11.8 Å². The van der Waals surface area contributed by atoms with Gasteiger partial charge < -0.3 is 19.7 Å². The third-order valence-corrected chi connectivity index (χ3v) is 5.27. The Bertz CT molecular complexity index is 853. The van der Waals surface area contributed by atoms with Crippen LogP contribution in [0.5, 0.6) is 5.75 Å². The molecule has 0 aliphatic rings. The Hall–Kier alpha value is -2.57. The molecule has 2 aromatic carbocycles. The van der Waals surface area contributed by atoms with Crippen molar-refractivity contribution in [2.45, 2.75) is 52.3 Å². The monoisotopic (exact) mass is 460 g/mol. The van der Waals surface area contributed by atoms with Crippen LogP contribution in [0, 0.1) is 0 Å². The van der Waals surface area contributed by atoms with Gasteiger partial charge in [-0.3, -0.25) is 9.59 Å². The van der Waals surface area contributed by atoms with Gasteiger partial charge in [-0.05, 0) is 62.6 Å². The minimum Gasteiger partial charge on any atom is -0.497 e.